The van der Waals surface area contributed by atoms with Crippen molar-refractivity contribution in [2.45, 2.75) is 34.6 Å². The van der Waals surface area contributed by atoms with E-state index >= 15 is 0 Å². The molecule has 0 amide bonds. The minimum absolute atomic E-state index is 0.150. The molecule has 0 spiro atoms. The molecular formula is C14H22O4. The van der Waals surface area contributed by atoms with Crippen LogP contribution >= 0.6 is 0 Å². The Hall–Kier alpha value is -1.45. The molecule has 0 saturated carbocycles. The van der Waals surface area contributed by atoms with Gasteiger partial charge in [-0.25, -0.2) is 0 Å². The van der Waals surface area contributed by atoms with Gasteiger partial charge in [-0.2, -0.15) is 0 Å². The number of Topliss-reactive ketones (excluding diaryl/α,β-unsaturated/α-hetero) is 2. The molecule has 0 heterocycles. The second-order valence-electron chi connectivity index (χ2n) is 4.48. The number of rotatable bonds is 7. The van der Waals surface area contributed by atoms with Gasteiger partial charge in [0.25, 0.3) is 0 Å². The molecule has 0 N–H and O–H groups in total. The lowest BCUT2D eigenvalue weighted by Gasteiger charge is -2.15. The number of ketones is 2. The summed E-state index contributed by atoms with van der Waals surface area (Å²) in [5.74, 6) is -1.81. The van der Waals surface area contributed by atoms with E-state index in [0.717, 1.165) is 0 Å². The maximum Gasteiger partial charge on any atom is 0.312 e. The third-order valence-electron chi connectivity index (χ3n) is 2.76. The highest BCUT2D eigenvalue weighted by Crippen LogP contribution is 2.17. The fourth-order valence-corrected chi connectivity index (χ4v) is 1.83. The SMILES string of the molecule is CCOC(=O)C(C)/C=C/C(C)C(C(C)=O)C(C)=O. The first-order chi connectivity index (χ1) is 8.31. The topological polar surface area (TPSA) is 60.4 Å². The summed E-state index contributed by atoms with van der Waals surface area (Å²) in [7, 11) is 0. The summed E-state index contributed by atoms with van der Waals surface area (Å²) >= 11 is 0. The van der Waals surface area contributed by atoms with Crippen molar-refractivity contribution in [1.82, 2.24) is 0 Å². The van der Waals surface area contributed by atoms with Crippen LogP contribution in [-0.4, -0.2) is 24.1 Å². The maximum atomic E-state index is 11.4. The van der Waals surface area contributed by atoms with Gasteiger partial charge in [0.1, 0.15) is 11.6 Å². The molecule has 0 aliphatic heterocycles. The molecule has 0 rings (SSSR count). The van der Waals surface area contributed by atoms with Crippen molar-refractivity contribution in [2.24, 2.45) is 17.8 Å². The summed E-state index contributed by atoms with van der Waals surface area (Å²) in [5, 5.41) is 0. The zero-order valence-corrected chi connectivity index (χ0v) is 11.7. The van der Waals surface area contributed by atoms with E-state index in [4.69, 9.17) is 4.74 Å². The minimum Gasteiger partial charge on any atom is -0.466 e. The van der Waals surface area contributed by atoms with Gasteiger partial charge in [0.15, 0.2) is 0 Å². The lowest BCUT2D eigenvalue weighted by atomic mass is 9.86. The van der Waals surface area contributed by atoms with Crippen LogP contribution in [-0.2, 0) is 19.1 Å². The Bertz CT molecular complexity index is 330. The number of carbonyl (C=O) groups excluding carboxylic acids is 3. The Morgan fingerprint density at radius 2 is 1.56 bits per heavy atom. The van der Waals surface area contributed by atoms with Gasteiger partial charge < -0.3 is 4.74 Å². The quantitative estimate of drug-likeness (QED) is 0.397. The van der Waals surface area contributed by atoms with Crippen LogP contribution in [0.15, 0.2) is 12.2 Å². The zero-order chi connectivity index (χ0) is 14.3. The fraction of sp³-hybridized carbons (Fsp3) is 0.643. The second-order valence-corrected chi connectivity index (χ2v) is 4.48. The first-order valence-corrected chi connectivity index (χ1v) is 6.17. The monoisotopic (exact) mass is 254 g/mol. The van der Waals surface area contributed by atoms with Crippen molar-refractivity contribution in [1.29, 1.82) is 0 Å². The van der Waals surface area contributed by atoms with Crippen LogP contribution in [0.2, 0.25) is 0 Å². The molecule has 4 nitrogen and oxygen atoms in total. The smallest absolute Gasteiger partial charge is 0.312 e. The van der Waals surface area contributed by atoms with E-state index in [9.17, 15) is 14.4 Å². The second kappa shape index (κ2) is 7.80. The van der Waals surface area contributed by atoms with Crippen LogP contribution in [0, 0.1) is 17.8 Å². The molecule has 0 aliphatic rings. The highest BCUT2D eigenvalue weighted by molar-refractivity contribution is 6.00. The van der Waals surface area contributed by atoms with Crippen molar-refractivity contribution >= 4 is 17.5 Å². The molecule has 2 atom stereocenters. The fourth-order valence-electron chi connectivity index (χ4n) is 1.83. The Balaban J connectivity index is 4.62. The summed E-state index contributed by atoms with van der Waals surface area (Å²) in [6, 6.07) is 0. The predicted molar refractivity (Wildman–Crippen MR) is 69.0 cm³/mol. The van der Waals surface area contributed by atoms with Crippen LogP contribution in [0.4, 0.5) is 0 Å². The molecule has 0 fully saturated rings. The normalized spacial score (nSPS) is 14.6. The van der Waals surface area contributed by atoms with Crippen molar-refractivity contribution < 1.29 is 19.1 Å². The first kappa shape index (κ1) is 16.6. The summed E-state index contributed by atoms with van der Waals surface area (Å²) < 4.78 is 4.87. The van der Waals surface area contributed by atoms with Gasteiger partial charge >= 0.3 is 5.97 Å². The van der Waals surface area contributed by atoms with E-state index in [0.29, 0.717) is 6.61 Å². The number of hydrogen-bond acceptors (Lipinski definition) is 4. The highest BCUT2D eigenvalue weighted by atomic mass is 16.5. The van der Waals surface area contributed by atoms with Crippen molar-refractivity contribution in [2.75, 3.05) is 6.61 Å². The molecule has 0 bridgehead atoms. The van der Waals surface area contributed by atoms with Gasteiger partial charge in [-0.15, -0.1) is 0 Å². The summed E-state index contributed by atoms with van der Waals surface area (Å²) in [4.78, 5) is 34.1. The summed E-state index contributed by atoms with van der Waals surface area (Å²) in [6.45, 7) is 8.42. The van der Waals surface area contributed by atoms with E-state index in [1.54, 1.807) is 32.9 Å². The number of hydrogen-bond donors (Lipinski definition) is 0. The van der Waals surface area contributed by atoms with Crippen molar-refractivity contribution in [3.8, 4) is 0 Å². The van der Waals surface area contributed by atoms with E-state index in [-0.39, 0.29) is 29.4 Å². The Labute approximate surface area is 108 Å². The molecule has 0 aliphatic carbocycles. The third kappa shape index (κ3) is 5.25. The van der Waals surface area contributed by atoms with E-state index in [2.05, 4.69) is 0 Å². The molecule has 18 heavy (non-hydrogen) atoms. The van der Waals surface area contributed by atoms with Gasteiger partial charge in [-0.1, -0.05) is 19.1 Å². The predicted octanol–water partition coefficient (Wildman–Crippen LogP) is 2.17. The van der Waals surface area contributed by atoms with Crippen LogP contribution in [0.1, 0.15) is 34.6 Å². The Morgan fingerprint density at radius 3 is 1.94 bits per heavy atom. The first-order valence-electron chi connectivity index (χ1n) is 6.17. The molecular weight excluding hydrogens is 232 g/mol. The Morgan fingerprint density at radius 1 is 1.06 bits per heavy atom. The molecule has 102 valence electrons. The largest absolute Gasteiger partial charge is 0.466 e. The number of ether oxygens (including phenoxy) is 1. The van der Waals surface area contributed by atoms with Crippen molar-refractivity contribution in [3.63, 3.8) is 0 Å². The van der Waals surface area contributed by atoms with Crippen LogP contribution < -0.4 is 0 Å². The third-order valence-corrected chi connectivity index (χ3v) is 2.76. The lowest BCUT2D eigenvalue weighted by molar-refractivity contribution is -0.145. The summed E-state index contributed by atoms with van der Waals surface area (Å²) in [6.07, 6.45) is 3.41. The molecule has 0 aromatic heterocycles. The molecule has 4 heteroatoms. The van der Waals surface area contributed by atoms with Gasteiger partial charge in [0.05, 0.1) is 18.4 Å². The van der Waals surface area contributed by atoms with Crippen molar-refractivity contribution in [3.05, 3.63) is 12.2 Å². The summed E-state index contributed by atoms with van der Waals surface area (Å²) in [5.41, 5.74) is 0. The molecule has 0 aromatic rings. The highest BCUT2D eigenvalue weighted by Gasteiger charge is 2.24. The van der Waals surface area contributed by atoms with E-state index < -0.39 is 5.92 Å². The average molecular weight is 254 g/mol. The number of carbonyl (C=O) groups is 3. The molecule has 0 radical (unpaired) electrons. The molecule has 0 saturated heterocycles. The van der Waals surface area contributed by atoms with Gasteiger partial charge in [-0.3, -0.25) is 14.4 Å². The zero-order valence-electron chi connectivity index (χ0n) is 11.7. The molecule has 0 aromatic carbocycles. The van der Waals surface area contributed by atoms with Crippen LogP contribution in [0.25, 0.3) is 0 Å². The number of esters is 1. The van der Waals surface area contributed by atoms with E-state index in [1.165, 1.54) is 13.8 Å². The maximum absolute atomic E-state index is 11.4. The van der Waals surface area contributed by atoms with E-state index in [1.807, 2.05) is 0 Å². The minimum atomic E-state index is -0.629. The molecule has 2 unspecified atom stereocenters. The van der Waals surface area contributed by atoms with Gasteiger partial charge in [0, 0.05) is 0 Å². The number of allylic oxidation sites excluding steroid dienone is 1. The lowest BCUT2D eigenvalue weighted by Crippen LogP contribution is -2.25. The van der Waals surface area contributed by atoms with Crippen LogP contribution in [0.3, 0.4) is 0 Å². The van der Waals surface area contributed by atoms with Gasteiger partial charge in [-0.05, 0) is 33.6 Å². The Kier molecular flexibility index (Phi) is 7.17. The van der Waals surface area contributed by atoms with Crippen LogP contribution in [0.5, 0.6) is 0 Å². The average Bonchev–Trinajstić information content (AvgIpc) is 2.25. The van der Waals surface area contributed by atoms with Gasteiger partial charge in [0.2, 0.25) is 0 Å². The standard InChI is InChI=1S/C14H22O4/c1-6-18-14(17)10(3)8-7-9(2)13(11(4)15)12(5)16/h7-10,13H,6H2,1-5H3/b8-7+.